The minimum absolute atomic E-state index is 0.121. The Hall–Kier alpha value is -4.26. The molecular formula is C30H27F2N3O2. The summed E-state index contributed by atoms with van der Waals surface area (Å²) in [4.78, 5) is 29.8. The molecule has 0 unspecified atom stereocenters. The number of amides is 2. The van der Waals surface area contributed by atoms with Gasteiger partial charge in [0.15, 0.2) is 0 Å². The molecule has 1 aliphatic rings. The molecule has 1 saturated heterocycles. The fourth-order valence-corrected chi connectivity index (χ4v) is 4.77. The average Bonchev–Trinajstić information content (AvgIpc) is 3.25. The van der Waals surface area contributed by atoms with Gasteiger partial charge < -0.3 is 14.4 Å². The van der Waals surface area contributed by atoms with E-state index in [1.165, 1.54) is 30.3 Å². The summed E-state index contributed by atoms with van der Waals surface area (Å²) in [5.41, 5.74) is 5.27. The Bertz CT molecular complexity index is 1450. The van der Waals surface area contributed by atoms with Crippen molar-refractivity contribution in [3.63, 3.8) is 0 Å². The average molecular weight is 500 g/mol. The fraction of sp³-hybridized carbons (Fsp3) is 0.200. The number of hydrogen-bond donors (Lipinski definition) is 0. The molecule has 1 aromatic heterocycles. The number of carbonyl (C=O) groups is 2. The lowest BCUT2D eigenvalue weighted by atomic mass is 10.1. The third-order valence-corrected chi connectivity index (χ3v) is 6.84. The molecule has 37 heavy (non-hydrogen) atoms. The van der Waals surface area contributed by atoms with Crippen LogP contribution in [0.3, 0.4) is 0 Å². The second-order valence-corrected chi connectivity index (χ2v) is 9.30. The zero-order chi connectivity index (χ0) is 26.1. The molecule has 0 atom stereocenters. The van der Waals surface area contributed by atoms with Crippen LogP contribution in [0.1, 0.15) is 32.0 Å². The highest BCUT2D eigenvalue weighted by atomic mass is 19.1. The molecule has 188 valence electrons. The van der Waals surface area contributed by atoms with Crippen LogP contribution in [-0.2, 0) is 0 Å². The molecule has 0 saturated carbocycles. The molecule has 1 aliphatic heterocycles. The molecule has 1 fully saturated rings. The standard InChI is InChI=1S/C30H27F2N3O2/c1-20-6-12-26(13-7-20)35-21(2)27(19-28(35)22-8-10-24(31)11-9-22)30(37)34-16-14-33(15-17-34)29(36)23-4-3-5-25(32)18-23/h3-13,18-19H,14-17H2,1-2H3. The van der Waals surface area contributed by atoms with Crippen LogP contribution in [0.25, 0.3) is 16.9 Å². The van der Waals surface area contributed by atoms with Crippen molar-refractivity contribution in [3.05, 3.63) is 113 Å². The third-order valence-electron chi connectivity index (χ3n) is 6.84. The molecule has 7 heteroatoms. The van der Waals surface area contributed by atoms with E-state index in [0.29, 0.717) is 37.3 Å². The second-order valence-electron chi connectivity index (χ2n) is 9.30. The maximum absolute atomic E-state index is 13.6. The first-order chi connectivity index (χ1) is 17.8. The van der Waals surface area contributed by atoms with Gasteiger partial charge in [-0.05, 0) is 80.1 Å². The SMILES string of the molecule is Cc1ccc(-n2c(-c3ccc(F)cc3)cc(C(=O)N3CCN(C(=O)c4cccc(F)c4)CC3)c2C)cc1. The van der Waals surface area contributed by atoms with E-state index < -0.39 is 5.82 Å². The van der Waals surface area contributed by atoms with Gasteiger partial charge in [-0.25, -0.2) is 8.78 Å². The van der Waals surface area contributed by atoms with Crippen LogP contribution in [0.4, 0.5) is 8.78 Å². The van der Waals surface area contributed by atoms with Crippen LogP contribution in [0.2, 0.25) is 0 Å². The minimum Gasteiger partial charge on any atom is -0.335 e. The van der Waals surface area contributed by atoms with Gasteiger partial charge in [0, 0.05) is 43.1 Å². The van der Waals surface area contributed by atoms with E-state index in [4.69, 9.17) is 0 Å². The zero-order valence-electron chi connectivity index (χ0n) is 20.7. The highest BCUT2D eigenvalue weighted by Gasteiger charge is 2.28. The van der Waals surface area contributed by atoms with Crippen molar-refractivity contribution < 1.29 is 18.4 Å². The summed E-state index contributed by atoms with van der Waals surface area (Å²) in [7, 11) is 0. The first kappa shape index (κ1) is 24.4. The molecule has 4 aromatic rings. The van der Waals surface area contributed by atoms with E-state index in [9.17, 15) is 18.4 Å². The number of piperazine rings is 1. The van der Waals surface area contributed by atoms with Gasteiger partial charge in [-0.15, -0.1) is 0 Å². The molecule has 0 spiro atoms. The summed E-state index contributed by atoms with van der Waals surface area (Å²) in [6.07, 6.45) is 0. The predicted molar refractivity (Wildman–Crippen MR) is 139 cm³/mol. The van der Waals surface area contributed by atoms with Crippen LogP contribution in [0.5, 0.6) is 0 Å². The molecular weight excluding hydrogens is 472 g/mol. The first-order valence-electron chi connectivity index (χ1n) is 12.2. The number of aryl methyl sites for hydroxylation is 1. The smallest absolute Gasteiger partial charge is 0.255 e. The Morgan fingerprint density at radius 1 is 0.703 bits per heavy atom. The summed E-state index contributed by atoms with van der Waals surface area (Å²) in [5, 5.41) is 0. The number of benzene rings is 3. The summed E-state index contributed by atoms with van der Waals surface area (Å²) in [6.45, 7) is 5.40. The highest BCUT2D eigenvalue weighted by molar-refractivity contribution is 5.98. The Labute approximate surface area is 214 Å². The van der Waals surface area contributed by atoms with Crippen LogP contribution in [0, 0.1) is 25.5 Å². The van der Waals surface area contributed by atoms with Crippen LogP contribution in [-0.4, -0.2) is 52.4 Å². The van der Waals surface area contributed by atoms with Gasteiger partial charge in [0.25, 0.3) is 11.8 Å². The Balaban J connectivity index is 1.41. The summed E-state index contributed by atoms with van der Waals surface area (Å²) in [5.74, 6) is -1.14. The van der Waals surface area contributed by atoms with Gasteiger partial charge >= 0.3 is 0 Å². The van der Waals surface area contributed by atoms with E-state index >= 15 is 0 Å². The first-order valence-corrected chi connectivity index (χ1v) is 12.2. The number of carbonyl (C=O) groups excluding carboxylic acids is 2. The lowest BCUT2D eigenvalue weighted by Crippen LogP contribution is -2.50. The van der Waals surface area contributed by atoms with Gasteiger partial charge in [-0.1, -0.05) is 23.8 Å². The maximum Gasteiger partial charge on any atom is 0.255 e. The summed E-state index contributed by atoms with van der Waals surface area (Å²) >= 11 is 0. The Morgan fingerprint density at radius 2 is 1.32 bits per heavy atom. The number of nitrogens with zero attached hydrogens (tertiary/aromatic N) is 3. The Morgan fingerprint density at radius 3 is 1.95 bits per heavy atom. The normalized spacial score (nSPS) is 13.6. The van der Waals surface area contributed by atoms with Crippen molar-refractivity contribution >= 4 is 11.8 Å². The molecule has 3 aromatic carbocycles. The van der Waals surface area contributed by atoms with Crippen LogP contribution < -0.4 is 0 Å². The highest BCUT2D eigenvalue weighted by Crippen LogP contribution is 2.31. The quantitative estimate of drug-likeness (QED) is 0.365. The predicted octanol–water partition coefficient (Wildman–Crippen LogP) is 5.64. The second kappa shape index (κ2) is 10.0. The van der Waals surface area contributed by atoms with Crippen molar-refractivity contribution in [2.75, 3.05) is 26.2 Å². The number of halogens is 2. The third kappa shape index (κ3) is 4.89. The fourth-order valence-electron chi connectivity index (χ4n) is 4.77. The number of hydrogen-bond acceptors (Lipinski definition) is 2. The van der Waals surface area contributed by atoms with Crippen molar-refractivity contribution in [3.8, 4) is 16.9 Å². The molecule has 0 aliphatic carbocycles. The van der Waals surface area contributed by atoms with Gasteiger partial charge in [0.05, 0.1) is 11.3 Å². The van der Waals surface area contributed by atoms with Gasteiger partial charge in [0.1, 0.15) is 11.6 Å². The van der Waals surface area contributed by atoms with E-state index in [0.717, 1.165) is 28.2 Å². The van der Waals surface area contributed by atoms with E-state index in [-0.39, 0.29) is 17.6 Å². The van der Waals surface area contributed by atoms with Crippen LogP contribution >= 0.6 is 0 Å². The van der Waals surface area contributed by atoms with Gasteiger partial charge in [-0.3, -0.25) is 9.59 Å². The summed E-state index contributed by atoms with van der Waals surface area (Å²) in [6, 6.07) is 21.8. The maximum atomic E-state index is 13.6. The van der Waals surface area contributed by atoms with E-state index in [1.807, 2.05) is 48.7 Å². The molecule has 0 radical (unpaired) electrons. The van der Waals surface area contributed by atoms with Crippen molar-refractivity contribution in [2.24, 2.45) is 0 Å². The molecule has 5 rings (SSSR count). The van der Waals surface area contributed by atoms with Gasteiger partial charge in [0.2, 0.25) is 0 Å². The Kier molecular flexibility index (Phi) is 6.61. The van der Waals surface area contributed by atoms with Crippen molar-refractivity contribution in [1.29, 1.82) is 0 Å². The van der Waals surface area contributed by atoms with Crippen molar-refractivity contribution in [1.82, 2.24) is 14.4 Å². The minimum atomic E-state index is -0.454. The van der Waals surface area contributed by atoms with Crippen molar-refractivity contribution in [2.45, 2.75) is 13.8 Å². The van der Waals surface area contributed by atoms with Crippen LogP contribution in [0.15, 0.2) is 78.9 Å². The molecule has 2 heterocycles. The zero-order valence-corrected chi connectivity index (χ0v) is 20.7. The topological polar surface area (TPSA) is 45.6 Å². The van der Waals surface area contributed by atoms with E-state index in [2.05, 4.69) is 0 Å². The molecule has 0 bridgehead atoms. The molecule has 2 amide bonds. The molecule has 0 N–H and O–H groups in total. The lowest BCUT2D eigenvalue weighted by molar-refractivity contribution is 0.0535. The lowest BCUT2D eigenvalue weighted by Gasteiger charge is -2.34. The van der Waals surface area contributed by atoms with Gasteiger partial charge in [-0.2, -0.15) is 0 Å². The largest absolute Gasteiger partial charge is 0.335 e. The number of aromatic nitrogens is 1. The van der Waals surface area contributed by atoms with E-state index in [1.54, 1.807) is 28.0 Å². The monoisotopic (exact) mass is 499 g/mol. The summed E-state index contributed by atoms with van der Waals surface area (Å²) < 4.78 is 29.2. The molecule has 5 nitrogen and oxygen atoms in total. The number of rotatable bonds is 4.